The molecule has 0 aliphatic heterocycles. The van der Waals surface area contributed by atoms with Crippen molar-refractivity contribution in [1.82, 2.24) is 15.5 Å². The fourth-order valence-electron chi connectivity index (χ4n) is 2.94. The van der Waals surface area contributed by atoms with E-state index >= 15 is 0 Å². The second-order valence-electron chi connectivity index (χ2n) is 6.48. The van der Waals surface area contributed by atoms with Crippen LogP contribution in [0, 0.1) is 5.82 Å². The smallest absolute Gasteiger partial charge is 0.191 e. The summed E-state index contributed by atoms with van der Waals surface area (Å²) in [4.78, 5) is 6.62. The predicted octanol–water partition coefficient (Wildman–Crippen LogP) is 3.50. The Bertz CT molecular complexity index is 528. The lowest BCUT2D eigenvalue weighted by Crippen LogP contribution is -2.42. The number of rotatable bonds is 6. The molecule has 0 amide bonds. The van der Waals surface area contributed by atoms with Crippen LogP contribution in [0.3, 0.4) is 0 Å². The number of nitrogens with one attached hydrogen (secondary N) is 2. The number of hydrogen-bond acceptors (Lipinski definition) is 2. The molecule has 0 aromatic heterocycles. The fourth-order valence-corrected chi connectivity index (χ4v) is 2.94. The first-order valence-electron chi connectivity index (χ1n) is 8.55. The molecule has 1 fully saturated rings. The van der Waals surface area contributed by atoms with Gasteiger partial charge in [0.05, 0.1) is 6.54 Å². The van der Waals surface area contributed by atoms with Gasteiger partial charge < -0.3 is 15.5 Å². The minimum atomic E-state index is -0.151. The number of aliphatic imine (C=N–C) groups is 1. The zero-order chi connectivity index (χ0) is 16.7. The number of halogens is 2. The fraction of sp³-hybridized carbons (Fsp3) is 0.611. The third-order valence-electron chi connectivity index (χ3n) is 4.06. The minimum absolute atomic E-state index is 0. The average Bonchev–Trinajstić information content (AvgIpc) is 3.00. The van der Waals surface area contributed by atoms with Gasteiger partial charge in [0.2, 0.25) is 0 Å². The molecule has 1 saturated carbocycles. The van der Waals surface area contributed by atoms with Crippen molar-refractivity contribution in [2.75, 3.05) is 20.6 Å². The molecule has 0 heterocycles. The van der Waals surface area contributed by atoms with Gasteiger partial charge >= 0.3 is 0 Å². The van der Waals surface area contributed by atoms with E-state index in [-0.39, 0.29) is 29.8 Å². The molecule has 2 N–H and O–H groups in total. The van der Waals surface area contributed by atoms with Crippen molar-refractivity contribution in [2.45, 2.75) is 51.7 Å². The molecule has 1 aliphatic rings. The molecule has 2 rings (SSSR count). The van der Waals surface area contributed by atoms with Crippen molar-refractivity contribution in [2.24, 2.45) is 4.99 Å². The summed E-state index contributed by atoms with van der Waals surface area (Å²) < 4.78 is 13.8. The topological polar surface area (TPSA) is 39.7 Å². The molecule has 1 aliphatic carbocycles. The number of benzene rings is 1. The van der Waals surface area contributed by atoms with Crippen molar-refractivity contribution in [3.8, 4) is 0 Å². The van der Waals surface area contributed by atoms with Gasteiger partial charge in [-0.3, -0.25) is 0 Å². The van der Waals surface area contributed by atoms with Gasteiger partial charge in [-0.1, -0.05) is 18.9 Å². The molecule has 24 heavy (non-hydrogen) atoms. The van der Waals surface area contributed by atoms with Crippen LogP contribution in [0.1, 0.15) is 43.7 Å². The van der Waals surface area contributed by atoms with E-state index in [4.69, 9.17) is 0 Å². The highest BCUT2D eigenvalue weighted by Gasteiger charge is 2.15. The molecule has 136 valence electrons. The van der Waals surface area contributed by atoms with E-state index in [1.165, 1.54) is 25.7 Å². The Morgan fingerprint density at radius 2 is 2.00 bits per heavy atom. The second-order valence-corrected chi connectivity index (χ2v) is 6.48. The molecule has 0 unspecified atom stereocenters. The van der Waals surface area contributed by atoms with Crippen LogP contribution in [0.4, 0.5) is 4.39 Å². The second kappa shape index (κ2) is 10.9. The standard InChI is InChI=1S/C18H29FN4.HI/c1-4-20-18(22-16-7-5-6-8-16)21-12-14-9-10-17(19)15(11-14)13-23(2)3;/h9-11,16H,4-8,12-13H2,1-3H3,(H2,20,21,22);1H. The summed E-state index contributed by atoms with van der Waals surface area (Å²) in [6.07, 6.45) is 5.02. The Hall–Kier alpha value is -0.890. The summed E-state index contributed by atoms with van der Waals surface area (Å²) in [5.74, 6) is 0.709. The third-order valence-corrected chi connectivity index (χ3v) is 4.06. The molecule has 0 radical (unpaired) electrons. The van der Waals surface area contributed by atoms with E-state index in [2.05, 4.69) is 22.5 Å². The van der Waals surface area contributed by atoms with E-state index in [1.807, 2.05) is 31.1 Å². The van der Waals surface area contributed by atoms with Crippen LogP contribution in [0.5, 0.6) is 0 Å². The quantitative estimate of drug-likeness (QED) is 0.398. The zero-order valence-corrected chi connectivity index (χ0v) is 17.3. The maximum atomic E-state index is 13.8. The summed E-state index contributed by atoms with van der Waals surface area (Å²) in [6.45, 7) is 4.07. The molecular formula is C18H30FIN4. The lowest BCUT2D eigenvalue weighted by atomic mass is 10.1. The Labute approximate surface area is 162 Å². The van der Waals surface area contributed by atoms with Gasteiger partial charge in [0.25, 0.3) is 0 Å². The van der Waals surface area contributed by atoms with Gasteiger partial charge in [-0.15, -0.1) is 24.0 Å². The summed E-state index contributed by atoms with van der Waals surface area (Å²) in [5, 5.41) is 6.80. The van der Waals surface area contributed by atoms with Crippen LogP contribution in [-0.2, 0) is 13.1 Å². The zero-order valence-electron chi connectivity index (χ0n) is 14.9. The maximum Gasteiger partial charge on any atom is 0.191 e. The van der Waals surface area contributed by atoms with Crippen LogP contribution in [0.2, 0.25) is 0 Å². The average molecular weight is 448 g/mol. The van der Waals surface area contributed by atoms with Crippen molar-refractivity contribution >= 4 is 29.9 Å². The molecule has 1 aromatic carbocycles. The Morgan fingerprint density at radius 1 is 1.29 bits per heavy atom. The highest BCUT2D eigenvalue weighted by Crippen LogP contribution is 2.17. The summed E-state index contributed by atoms with van der Waals surface area (Å²) in [6, 6.07) is 5.81. The summed E-state index contributed by atoms with van der Waals surface area (Å²) in [5.41, 5.74) is 1.75. The molecule has 0 bridgehead atoms. The molecule has 0 saturated heterocycles. The van der Waals surface area contributed by atoms with Crippen LogP contribution in [0.15, 0.2) is 23.2 Å². The van der Waals surface area contributed by atoms with Crippen molar-refractivity contribution in [3.63, 3.8) is 0 Å². The molecule has 0 spiro atoms. The minimum Gasteiger partial charge on any atom is -0.357 e. The Balaban J connectivity index is 0.00000288. The summed E-state index contributed by atoms with van der Waals surface area (Å²) in [7, 11) is 3.89. The molecule has 1 aromatic rings. The van der Waals surface area contributed by atoms with Gasteiger partial charge in [-0.25, -0.2) is 9.38 Å². The molecular weight excluding hydrogens is 418 g/mol. The molecule has 6 heteroatoms. The van der Waals surface area contributed by atoms with Crippen LogP contribution in [0.25, 0.3) is 0 Å². The molecule has 0 atom stereocenters. The van der Waals surface area contributed by atoms with E-state index < -0.39 is 0 Å². The monoisotopic (exact) mass is 448 g/mol. The van der Waals surface area contributed by atoms with E-state index in [1.54, 1.807) is 6.07 Å². The summed E-state index contributed by atoms with van der Waals surface area (Å²) >= 11 is 0. The van der Waals surface area contributed by atoms with E-state index in [9.17, 15) is 4.39 Å². The van der Waals surface area contributed by atoms with Crippen LogP contribution >= 0.6 is 24.0 Å². The van der Waals surface area contributed by atoms with Crippen molar-refractivity contribution in [3.05, 3.63) is 35.1 Å². The van der Waals surface area contributed by atoms with Gasteiger partial charge in [0.1, 0.15) is 5.82 Å². The third kappa shape index (κ3) is 6.93. The van der Waals surface area contributed by atoms with Crippen molar-refractivity contribution in [1.29, 1.82) is 0 Å². The Morgan fingerprint density at radius 3 is 2.62 bits per heavy atom. The van der Waals surface area contributed by atoms with Crippen molar-refractivity contribution < 1.29 is 4.39 Å². The lowest BCUT2D eigenvalue weighted by molar-refractivity contribution is 0.392. The first kappa shape index (κ1) is 21.2. The van der Waals surface area contributed by atoms with Gasteiger partial charge in [0.15, 0.2) is 5.96 Å². The largest absolute Gasteiger partial charge is 0.357 e. The van der Waals surface area contributed by atoms with E-state index in [0.717, 1.165) is 23.6 Å². The Kier molecular flexibility index (Phi) is 9.58. The maximum absolute atomic E-state index is 13.8. The van der Waals surface area contributed by atoms with Gasteiger partial charge in [-0.2, -0.15) is 0 Å². The number of nitrogens with zero attached hydrogens (tertiary/aromatic N) is 2. The lowest BCUT2D eigenvalue weighted by Gasteiger charge is -2.17. The normalized spacial score (nSPS) is 15.5. The number of hydrogen-bond donors (Lipinski definition) is 2. The van der Waals surface area contributed by atoms with Gasteiger partial charge in [-0.05, 0) is 51.6 Å². The highest BCUT2D eigenvalue weighted by molar-refractivity contribution is 14.0. The first-order valence-corrected chi connectivity index (χ1v) is 8.55. The number of guanidine groups is 1. The molecule has 4 nitrogen and oxygen atoms in total. The highest BCUT2D eigenvalue weighted by atomic mass is 127. The SMILES string of the molecule is CCNC(=NCc1ccc(F)c(CN(C)C)c1)NC1CCCC1.I. The van der Waals surface area contributed by atoms with E-state index in [0.29, 0.717) is 19.1 Å². The van der Waals surface area contributed by atoms with Crippen LogP contribution < -0.4 is 10.6 Å². The predicted molar refractivity (Wildman–Crippen MR) is 109 cm³/mol. The first-order chi connectivity index (χ1) is 11.1. The van der Waals surface area contributed by atoms with Crippen LogP contribution in [-0.4, -0.2) is 37.5 Å². The van der Waals surface area contributed by atoms with Gasteiger partial charge in [0, 0.05) is 24.7 Å².